The highest BCUT2D eigenvalue weighted by Gasteiger charge is 2.11. The quantitative estimate of drug-likeness (QED) is 0.203. The molecule has 0 N–H and O–H groups in total. The number of aryl methyl sites for hydroxylation is 3. The van der Waals surface area contributed by atoms with Crippen molar-refractivity contribution in [2.75, 3.05) is 0 Å². The van der Waals surface area contributed by atoms with Crippen molar-refractivity contribution < 1.29 is 4.92 Å². The number of halogens is 1. The Hall–Kier alpha value is -2.48. The summed E-state index contributed by atoms with van der Waals surface area (Å²) in [5.74, 6) is 0. The van der Waals surface area contributed by atoms with Crippen molar-refractivity contribution in [2.24, 2.45) is 4.99 Å². The molecule has 138 valence electrons. The number of hydrogen-bond donors (Lipinski definition) is 0. The van der Waals surface area contributed by atoms with E-state index >= 15 is 0 Å². The van der Waals surface area contributed by atoms with Crippen LogP contribution in [0.1, 0.15) is 28.1 Å². The van der Waals surface area contributed by atoms with E-state index in [9.17, 15) is 10.1 Å². The Bertz CT molecular complexity index is 1070. The van der Waals surface area contributed by atoms with Crippen molar-refractivity contribution in [1.29, 1.82) is 0 Å². The molecule has 5 nitrogen and oxygen atoms in total. The van der Waals surface area contributed by atoms with Crippen LogP contribution in [-0.2, 0) is 0 Å². The van der Waals surface area contributed by atoms with Crippen molar-refractivity contribution in [2.45, 2.75) is 27.7 Å². The number of aromatic nitrogens is 1. The van der Waals surface area contributed by atoms with E-state index in [1.54, 1.807) is 12.1 Å². The normalized spacial score (nSPS) is 11.3. The van der Waals surface area contributed by atoms with E-state index < -0.39 is 4.92 Å². The van der Waals surface area contributed by atoms with Gasteiger partial charge in [0.25, 0.3) is 5.69 Å². The predicted molar refractivity (Wildman–Crippen MR) is 118 cm³/mol. The lowest BCUT2D eigenvalue weighted by Gasteiger charge is -2.11. The summed E-state index contributed by atoms with van der Waals surface area (Å²) in [6, 6.07) is 13.2. The largest absolute Gasteiger partial charge is 0.318 e. The van der Waals surface area contributed by atoms with E-state index in [2.05, 4.69) is 77.2 Å². The summed E-state index contributed by atoms with van der Waals surface area (Å²) in [4.78, 5) is 15.0. The molecule has 0 saturated heterocycles. The van der Waals surface area contributed by atoms with E-state index in [0.29, 0.717) is 0 Å². The molecule has 3 aromatic rings. The van der Waals surface area contributed by atoms with Crippen molar-refractivity contribution in [3.63, 3.8) is 0 Å². The summed E-state index contributed by atoms with van der Waals surface area (Å²) in [6.45, 7) is 8.09. The van der Waals surface area contributed by atoms with Crippen LogP contribution in [-0.4, -0.2) is 15.7 Å². The van der Waals surface area contributed by atoms with Crippen molar-refractivity contribution in [3.05, 3.63) is 84.2 Å². The molecule has 0 spiro atoms. The molecule has 0 fully saturated rings. The predicted octanol–water partition coefficient (Wildman–Crippen LogP) is 5.97. The van der Waals surface area contributed by atoms with Gasteiger partial charge in [0.05, 0.1) is 10.6 Å². The third-order valence-electron chi connectivity index (χ3n) is 4.60. The molecule has 1 heterocycles. The average Bonchev–Trinajstić information content (AvgIpc) is 2.90. The molecular formula is C21H20IN3O2. The SMILES string of the molecule is Cc1cc(-n2c(C)cc(C=Nc3ccc([N+](=O)[O-])cc3C)c2C)ccc1I. The third kappa shape index (κ3) is 3.95. The van der Waals surface area contributed by atoms with Crippen LogP contribution in [0.2, 0.25) is 0 Å². The summed E-state index contributed by atoms with van der Waals surface area (Å²) in [7, 11) is 0. The van der Waals surface area contributed by atoms with Gasteiger partial charge in [-0.05, 0) is 91.7 Å². The van der Waals surface area contributed by atoms with E-state index in [0.717, 1.165) is 33.9 Å². The lowest BCUT2D eigenvalue weighted by Crippen LogP contribution is -2.00. The van der Waals surface area contributed by atoms with E-state index in [4.69, 9.17) is 0 Å². The summed E-state index contributed by atoms with van der Waals surface area (Å²) in [5.41, 5.74) is 7.25. The van der Waals surface area contributed by atoms with Crippen LogP contribution in [0.3, 0.4) is 0 Å². The zero-order chi connectivity index (χ0) is 19.7. The fraction of sp³-hybridized carbons (Fsp3) is 0.190. The molecule has 0 aliphatic carbocycles. The van der Waals surface area contributed by atoms with Crippen LogP contribution >= 0.6 is 22.6 Å². The second-order valence-corrected chi connectivity index (χ2v) is 7.74. The maximum Gasteiger partial charge on any atom is 0.269 e. The van der Waals surface area contributed by atoms with Gasteiger partial charge in [0.15, 0.2) is 0 Å². The number of nitro benzene ring substituents is 1. The minimum atomic E-state index is -0.392. The molecule has 2 aromatic carbocycles. The summed E-state index contributed by atoms with van der Waals surface area (Å²) >= 11 is 2.34. The van der Waals surface area contributed by atoms with Crippen LogP contribution in [0.5, 0.6) is 0 Å². The number of aliphatic imine (C=N–C) groups is 1. The zero-order valence-corrected chi connectivity index (χ0v) is 17.8. The molecule has 0 aliphatic heterocycles. The average molecular weight is 473 g/mol. The third-order valence-corrected chi connectivity index (χ3v) is 5.81. The van der Waals surface area contributed by atoms with Crippen molar-refractivity contribution in [3.8, 4) is 5.69 Å². The first-order valence-electron chi connectivity index (χ1n) is 8.52. The molecule has 0 aliphatic rings. The van der Waals surface area contributed by atoms with E-state index in [-0.39, 0.29) is 5.69 Å². The fourth-order valence-electron chi connectivity index (χ4n) is 3.12. The highest BCUT2D eigenvalue weighted by atomic mass is 127. The van der Waals surface area contributed by atoms with Gasteiger partial charge < -0.3 is 4.57 Å². The molecule has 0 unspecified atom stereocenters. The van der Waals surface area contributed by atoms with Crippen molar-refractivity contribution in [1.82, 2.24) is 4.57 Å². The van der Waals surface area contributed by atoms with Crippen LogP contribution < -0.4 is 0 Å². The van der Waals surface area contributed by atoms with Gasteiger partial charge in [0, 0.05) is 44.6 Å². The smallest absolute Gasteiger partial charge is 0.269 e. The first-order chi connectivity index (χ1) is 12.8. The monoisotopic (exact) mass is 473 g/mol. The standard InChI is InChI=1S/C21H20IN3O2/c1-13-9-18(5-7-20(13)22)24-15(3)11-17(16(24)4)12-23-21-8-6-19(25(26)27)10-14(21)2/h5-12H,1-4H3. The van der Waals surface area contributed by atoms with Gasteiger partial charge >= 0.3 is 0 Å². The van der Waals surface area contributed by atoms with Crippen LogP contribution in [0, 0.1) is 41.4 Å². The van der Waals surface area contributed by atoms with E-state index in [1.165, 1.54) is 15.2 Å². The van der Waals surface area contributed by atoms with Crippen LogP contribution in [0.25, 0.3) is 5.69 Å². The second kappa shape index (κ2) is 7.64. The van der Waals surface area contributed by atoms with Crippen LogP contribution in [0.4, 0.5) is 11.4 Å². The Morgan fingerprint density at radius 1 is 1.04 bits per heavy atom. The number of nitrogens with zero attached hydrogens (tertiary/aromatic N) is 3. The Morgan fingerprint density at radius 3 is 2.41 bits per heavy atom. The van der Waals surface area contributed by atoms with Gasteiger partial charge in [-0.2, -0.15) is 0 Å². The highest BCUT2D eigenvalue weighted by molar-refractivity contribution is 14.1. The van der Waals surface area contributed by atoms with E-state index in [1.807, 2.05) is 13.1 Å². The summed E-state index contributed by atoms with van der Waals surface area (Å²) in [6.07, 6.45) is 1.83. The molecule has 0 radical (unpaired) electrons. The zero-order valence-electron chi connectivity index (χ0n) is 15.7. The summed E-state index contributed by atoms with van der Waals surface area (Å²) < 4.78 is 3.46. The summed E-state index contributed by atoms with van der Waals surface area (Å²) in [5, 5.41) is 10.9. The van der Waals surface area contributed by atoms with Gasteiger partial charge in [0.1, 0.15) is 0 Å². The minimum Gasteiger partial charge on any atom is -0.318 e. The second-order valence-electron chi connectivity index (χ2n) is 6.58. The van der Waals surface area contributed by atoms with Gasteiger partial charge in [-0.15, -0.1) is 0 Å². The number of rotatable bonds is 4. The van der Waals surface area contributed by atoms with Gasteiger partial charge in [0.2, 0.25) is 0 Å². The Kier molecular flexibility index (Phi) is 5.46. The van der Waals surface area contributed by atoms with Gasteiger partial charge in [-0.1, -0.05) is 0 Å². The molecular weight excluding hydrogens is 453 g/mol. The maximum absolute atomic E-state index is 10.9. The van der Waals surface area contributed by atoms with Gasteiger partial charge in [-0.25, -0.2) is 0 Å². The fourth-order valence-corrected chi connectivity index (χ4v) is 3.46. The minimum absolute atomic E-state index is 0.0821. The maximum atomic E-state index is 10.9. The molecule has 6 heteroatoms. The first-order valence-corrected chi connectivity index (χ1v) is 9.60. The Morgan fingerprint density at radius 2 is 1.78 bits per heavy atom. The lowest BCUT2D eigenvalue weighted by molar-refractivity contribution is -0.384. The molecule has 1 aromatic heterocycles. The number of hydrogen-bond acceptors (Lipinski definition) is 3. The lowest BCUT2D eigenvalue weighted by atomic mass is 10.2. The highest BCUT2D eigenvalue weighted by Crippen LogP contribution is 2.25. The Balaban J connectivity index is 1.96. The molecule has 0 atom stereocenters. The molecule has 27 heavy (non-hydrogen) atoms. The first kappa shape index (κ1) is 19.3. The molecule has 0 amide bonds. The van der Waals surface area contributed by atoms with Crippen LogP contribution in [0.15, 0.2) is 47.5 Å². The molecule has 3 rings (SSSR count). The topological polar surface area (TPSA) is 60.4 Å². The number of non-ortho nitro benzene ring substituents is 1. The van der Waals surface area contributed by atoms with Crippen molar-refractivity contribution >= 4 is 40.2 Å². The Labute approximate surface area is 172 Å². The number of benzene rings is 2. The molecule has 0 bridgehead atoms. The number of nitro groups is 1. The molecule has 0 saturated carbocycles. The van der Waals surface area contributed by atoms with Gasteiger partial charge in [-0.3, -0.25) is 15.1 Å².